The van der Waals surface area contributed by atoms with E-state index in [9.17, 15) is 4.79 Å². The van der Waals surface area contributed by atoms with Crippen molar-refractivity contribution >= 4 is 34.5 Å². The molecule has 1 atom stereocenters. The monoisotopic (exact) mass is 394 g/mol. The van der Waals surface area contributed by atoms with Gasteiger partial charge in [-0.3, -0.25) is 9.89 Å². The van der Waals surface area contributed by atoms with E-state index >= 15 is 4.39 Å². The summed E-state index contributed by atoms with van der Waals surface area (Å²) in [7, 11) is 0. The lowest BCUT2D eigenvalue weighted by molar-refractivity contribution is -0.105. The van der Waals surface area contributed by atoms with E-state index in [4.69, 9.17) is 4.74 Å². The number of fused-ring (bicyclic) bond motifs is 2. The predicted molar refractivity (Wildman–Crippen MR) is 108 cm³/mol. The number of hydrogen-bond acceptors (Lipinski definition) is 5. The number of aromatic amines is 1. The summed E-state index contributed by atoms with van der Waals surface area (Å²) in [6, 6.07) is 3.79. The zero-order valence-corrected chi connectivity index (χ0v) is 15.7. The minimum atomic E-state index is -0.308. The van der Waals surface area contributed by atoms with Gasteiger partial charge in [0.05, 0.1) is 36.2 Å². The number of benzene rings is 1. The molecule has 8 nitrogen and oxygen atoms in total. The summed E-state index contributed by atoms with van der Waals surface area (Å²) in [5, 5.41) is 13.7. The standard InChI is InChI=1S/C20H19FN6O2/c1-11-17(12-2-3-16-25-15(22-10-28)8-27(16)7-12)14-6-23-26-19(14)20(18(11)21)24-13-4-5-29-9-13/h2-3,6-8,10,13,24H,4-5,9H2,1H3,(H,22,28)(H,23,26). The average Bonchev–Trinajstić information content (AvgIpc) is 3.46. The third-order valence-electron chi connectivity index (χ3n) is 5.31. The third kappa shape index (κ3) is 2.90. The number of hydrogen-bond donors (Lipinski definition) is 3. The number of imidazole rings is 1. The Morgan fingerprint density at radius 2 is 2.28 bits per heavy atom. The smallest absolute Gasteiger partial charge is 0.212 e. The van der Waals surface area contributed by atoms with Crippen LogP contribution in [0.3, 0.4) is 0 Å². The van der Waals surface area contributed by atoms with Gasteiger partial charge in [-0.15, -0.1) is 0 Å². The molecular weight excluding hydrogens is 375 g/mol. The molecular formula is C20H19FN6O2. The number of halogens is 1. The maximum Gasteiger partial charge on any atom is 0.212 e. The van der Waals surface area contributed by atoms with Gasteiger partial charge < -0.3 is 19.8 Å². The molecule has 3 aromatic heterocycles. The van der Waals surface area contributed by atoms with Crippen LogP contribution in [0, 0.1) is 12.7 Å². The summed E-state index contributed by atoms with van der Waals surface area (Å²) in [5.74, 6) is 0.143. The van der Waals surface area contributed by atoms with Gasteiger partial charge >= 0.3 is 0 Å². The fourth-order valence-electron chi connectivity index (χ4n) is 3.90. The summed E-state index contributed by atoms with van der Waals surface area (Å²) in [6.45, 7) is 3.00. The summed E-state index contributed by atoms with van der Waals surface area (Å²) < 4.78 is 22.6. The summed E-state index contributed by atoms with van der Waals surface area (Å²) in [4.78, 5) is 15.0. The van der Waals surface area contributed by atoms with E-state index in [-0.39, 0.29) is 11.9 Å². The number of carbonyl (C=O) groups excluding carboxylic acids is 1. The lowest BCUT2D eigenvalue weighted by Gasteiger charge is -2.18. The maximum absolute atomic E-state index is 15.4. The van der Waals surface area contributed by atoms with E-state index in [1.807, 2.05) is 18.3 Å². The molecule has 0 bridgehead atoms. The van der Waals surface area contributed by atoms with Crippen LogP contribution in [0.4, 0.5) is 15.9 Å². The zero-order chi connectivity index (χ0) is 20.0. The molecule has 0 aliphatic carbocycles. The SMILES string of the molecule is Cc1c(F)c(NC2CCOC2)c2[nH]ncc2c1-c1ccc2nc(NC=O)cn2c1. The van der Waals surface area contributed by atoms with Crippen LogP contribution in [-0.2, 0) is 9.53 Å². The highest BCUT2D eigenvalue weighted by Crippen LogP contribution is 2.38. The Morgan fingerprint density at radius 1 is 1.38 bits per heavy atom. The number of nitrogens with zero attached hydrogens (tertiary/aromatic N) is 3. The van der Waals surface area contributed by atoms with E-state index in [1.54, 1.807) is 23.7 Å². The lowest BCUT2D eigenvalue weighted by Crippen LogP contribution is -2.20. The summed E-state index contributed by atoms with van der Waals surface area (Å²) in [6.07, 6.45) is 6.71. The summed E-state index contributed by atoms with van der Waals surface area (Å²) in [5.41, 5.74) is 3.86. The van der Waals surface area contributed by atoms with Crippen molar-refractivity contribution in [2.24, 2.45) is 0 Å². The molecule has 1 saturated heterocycles. The third-order valence-corrected chi connectivity index (χ3v) is 5.31. The molecule has 1 amide bonds. The fourth-order valence-corrected chi connectivity index (χ4v) is 3.90. The van der Waals surface area contributed by atoms with Crippen LogP contribution in [0.5, 0.6) is 0 Å². The zero-order valence-electron chi connectivity index (χ0n) is 15.7. The van der Waals surface area contributed by atoms with E-state index in [0.29, 0.717) is 47.9 Å². The van der Waals surface area contributed by atoms with Gasteiger partial charge in [-0.25, -0.2) is 9.37 Å². The maximum atomic E-state index is 15.4. The molecule has 1 unspecified atom stereocenters. The molecule has 1 aliphatic rings. The van der Waals surface area contributed by atoms with Crippen molar-refractivity contribution in [3.05, 3.63) is 42.1 Å². The van der Waals surface area contributed by atoms with Crippen LogP contribution in [0.15, 0.2) is 30.7 Å². The number of carbonyl (C=O) groups is 1. The average molecular weight is 394 g/mol. The molecule has 1 aromatic carbocycles. The molecule has 5 rings (SSSR count). The Hall–Kier alpha value is -3.46. The van der Waals surface area contributed by atoms with E-state index < -0.39 is 0 Å². The lowest BCUT2D eigenvalue weighted by atomic mass is 9.96. The molecule has 29 heavy (non-hydrogen) atoms. The van der Waals surface area contributed by atoms with Gasteiger partial charge in [0.25, 0.3) is 0 Å². The van der Waals surface area contributed by atoms with Crippen LogP contribution in [0.2, 0.25) is 0 Å². The minimum absolute atomic E-state index is 0.0762. The number of H-pyrrole nitrogens is 1. The van der Waals surface area contributed by atoms with Gasteiger partial charge in [-0.1, -0.05) is 0 Å². The van der Waals surface area contributed by atoms with Crippen molar-refractivity contribution in [1.82, 2.24) is 19.6 Å². The first kappa shape index (κ1) is 17.6. The highest BCUT2D eigenvalue weighted by atomic mass is 19.1. The topological polar surface area (TPSA) is 96.3 Å². The van der Waals surface area contributed by atoms with Crippen molar-refractivity contribution in [3.8, 4) is 11.1 Å². The van der Waals surface area contributed by atoms with Gasteiger partial charge in [0.1, 0.15) is 5.65 Å². The van der Waals surface area contributed by atoms with Gasteiger partial charge in [-0.05, 0) is 36.6 Å². The van der Waals surface area contributed by atoms with Crippen molar-refractivity contribution in [1.29, 1.82) is 0 Å². The Bertz CT molecular complexity index is 1220. The number of pyridine rings is 1. The first-order valence-corrected chi connectivity index (χ1v) is 9.34. The second kappa shape index (κ2) is 6.85. The van der Waals surface area contributed by atoms with E-state index in [2.05, 4.69) is 25.8 Å². The normalized spacial score (nSPS) is 16.6. The Balaban J connectivity index is 1.65. The second-order valence-corrected chi connectivity index (χ2v) is 7.12. The Morgan fingerprint density at radius 3 is 3.07 bits per heavy atom. The first-order valence-electron chi connectivity index (χ1n) is 9.34. The minimum Gasteiger partial charge on any atom is -0.379 e. The first-order chi connectivity index (χ1) is 14.2. The number of rotatable bonds is 5. The van der Waals surface area contributed by atoms with Crippen LogP contribution in [0.1, 0.15) is 12.0 Å². The molecule has 1 aliphatic heterocycles. The van der Waals surface area contributed by atoms with Crippen molar-refractivity contribution in [2.45, 2.75) is 19.4 Å². The van der Waals surface area contributed by atoms with Gasteiger partial charge in [0.15, 0.2) is 11.6 Å². The van der Waals surface area contributed by atoms with E-state index in [1.165, 1.54) is 0 Å². The number of aromatic nitrogens is 4. The number of amides is 1. The molecule has 148 valence electrons. The molecule has 9 heteroatoms. The molecule has 0 saturated carbocycles. The van der Waals surface area contributed by atoms with Crippen molar-refractivity contribution in [3.63, 3.8) is 0 Å². The molecule has 1 fully saturated rings. The van der Waals surface area contributed by atoms with Crippen LogP contribution < -0.4 is 10.6 Å². The second-order valence-electron chi connectivity index (χ2n) is 7.12. The molecule has 0 spiro atoms. The highest BCUT2D eigenvalue weighted by molar-refractivity contribution is 6.03. The Labute approximate surface area is 165 Å². The quantitative estimate of drug-likeness (QED) is 0.452. The van der Waals surface area contributed by atoms with Crippen LogP contribution >= 0.6 is 0 Å². The predicted octanol–water partition coefficient (Wildman–Crippen LogP) is 3.09. The van der Waals surface area contributed by atoms with Gasteiger partial charge in [-0.2, -0.15) is 5.10 Å². The highest BCUT2D eigenvalue weighted by Gasteiger charge is 2.23. The number of nitrogens with one attached hydrogen (secondary N) is 3. The molecule has 4 heterocycles. The van der Waals surface area contributed by atoms with E-state index in [0.717, 1.165) is 22.9 Å². The van der Waals surface area contributed by atoms with Crippen molar-refractivity contribution in [2.75, 3.05) is 23.8 Å². The van der Waals surface area contributed by atoms with Crippen LogP contribution in [-0.4, -0.2) is 45.2 Å². The van der Waals surface area contributed by atoms with Crippen molar-refractivity contribution < 1.29 is 13.9 Å². The molecule has 4 aromatic rings. The van der Waals surface area contributed by atoms with Gasteiger partial charge in [0.2, 0.25) is 6.41 Å². The molecule has 3 N–H and O–H groups in total. The largest absolute Gasteiger partial charge is 0.379 e. The molecule has 0 radical (unpaired) electrons. The Kier molecular flexibility index (Phi) is 4.17. The van der Waals surface area contributed by atoms with Gasteiger partial charge in [0, 0.05) is 23.8 Å². The fraction of sp³-hybridized carbons (Fsp3) is 0.250. The number of anilines is 2. The van der Waals surface area contributed by atoms with Crippen LogP contribution in [0.25, 0.3) is 27.7 Å². The summed E-state index contributed by atoms with van der Waals surface area (Å²) >= 11 is 0. The number of ether oxygens (including phenoxy) is 1.